The third-order valence-electron chi connectivity index (χ3n) is 2.60. The van der Waals surface area contributed by atoms with Gasteiger partial charge < -0.3 is 10.3 Å². The van der Waals surface area contributed by atoms with Crippen LogP contribution in [0.25, 0.3) is 0 Å². The van der Waals surface area contributed by atoms with Gasteiger partial charge in [-0.15, -0.1) is 0 Å². The number of nitrogens with one attached hydrogen (secondary N) is 1. The topological polar surface area (TPSA) is 90.8 Å². The van der Waals surface area contributed by atoms with Crippen LogP contribution >= 0.6 is 0 Å². The molecule has 3 N–H and O–H groups in total. The highest BCUT2D eigenvalue weighted by Gasteiger charge is 2.16. The molecule has 0 radical (unpaired) electrons. The van der Waals surface area contributed by atoms with Gasteiger partial charge in [-0.3, -0.25) is 10.1 Å². The summed E-state index contributed by atoms with van der Waals surface area (Å²) in [5.41, 5.74) is 6.79. The summed E-state index contributed by atoms with van der Waals surface area (Å²) in [5, 5.41) is 6.57. The van der Waals surface area contributed by atoms with E-state index >= 15 is 0 Å². The van der Waals surface area contributed by atoms with Crippen LogP contribution in [0, 0.1) is 0 Å². The molecule has 0 fully saturated rings. The maximum atomic E-state index is 12.1. The van der Waals surface area contributed by atoms with Gasteiger partial charge in [-0.1, -0.05) is 0 Å². The lowest BCUT2D eigenvalue weighted by atomic mass is 10.3. The monoisotopic (exact) mass is 248 g/mol. The fourth-order valence-corrected chi connectivity index (χ4v) is 1.68. The van der Waals surface area contributed by atoms with Crippen LogP contribution in [0.2, 0.25) is 0 Å². The number of nitrogens with two attached hydrogens (primary N) is 1. The maximum absolute atomic E-state index is 12.1. The van der Waals surface area contributed by atoms with Gasteiger partial charge in [0.05, 0.1) is 5.69 Å². The number of rotatable bonds is 3. The Bertz CT molecular complexity index is 568. The van der Waals surface area contributed by atoms with E-state index < -0.39 is 0 Å². The molecule has 0 unspecified atom stereocenters. The van der Waals surface area contributed by atoms with E-state index in [2.05, 4.69) is 15.4 Å². The van der Waals surface area contributed by atoms with Crippen molar-refractivity contribution in [2.75, 3.05) is 11.1 Å². The van der Waals surface area contributed by atoms with E-state index in [1.165, 1.54) is 11.0 Å². The first kappa shape index (κ1) is 12.2. The van der Waals surface area contributed by atoms with Crippen LogP contribution < -0.4 is 11.1 Å². The van der Waals surface area contributed by atoms with Crippen LogP contribution in [0.1, 0.15) is 30.4 Å². The van der Waals surface area contributed by atoms with E-state index in [1.54, 1.807) is 19.3 Å². The zero-order valence-corrected chi connectivity index (χ0v) is 10.6. The predicted molar refractivity (Wildman–Crippen MR) is 68.2 cm³/mol. The fourth-order valence-electron chi connectivity index (χ4n) is 1.68. The number of hydrogen-bond donors (Lipinski definition) is 2. The summed E-state index contributed by atoms with van der Waals surface area (Å²) >= 11 is 0. The van der Waals surface area contributed by atoms with Crippen molar-refractivity contribution in [2.24, 2.45) is 7.05 Å². The number of nitrogens with zero attached hydrogens (tertiary/aromatic N) is 4. The van der Waals surface area contributed by atoms with Crippen LogP contribution in [0.3, 0.4) is 0 Å². The smallest absolute Gasteiger partial charge is 0.274 e. The molecule has 0 aliphatic rings. The normalized spacial score (nSPS) is 10.9. The Morgan fingerprint density at radius 1 is 1.50 bits per heavy atom. The zero-order chi connectivity index (χ0) is 13.3. The Labute approximate surface area is 105 Å². The molecule has 0 atom stereocenters. The van der Waals surface area contributed by atoms with Gasteiger partial charge in [-0.2, -0.15) is 10.1 Å². The van der Waals surface area contributed by atoms with Crippen LogP contribution in [0.5, 0.6) is 0 Å². The van der Waals surface area contributed by atoms with E-state index in [4.69, 9.17) is 5.73 Å². The molecule has 2 aromatic heterocycles. The van der Waals surface area contributed by atoms with E-state index in [-0.39, 0.29) is 11.9 Å². The van der Waals surface area contributed by atoms with Gasteiger partial charge in [0.15, 0.2) is 0 Å². The van der Waals surface area contributed by atoms with Crippen LogP contribution in [0.4, 0.5) is 11.6 Å². The average Bonchev–Trinajstić information content (AvgIpc) is 2.86. The molecule has 7 heteroatoms. The molecular weight excluding hydrogens is 232 g/mol. The summed E-state index contributed by atoms with van der Waals surface area (Å²) in [4.78, 5) is 16.1. The number of nitrogen functional groups attached to an aromatic ring is 1. The molecule has 2 rings (SSSR count). The number of carbonyl (C=O) groups excluding carboxylic acids is 1. The van der Waals surface area contributed by atoms with Gasteiger partial charge >= 0.3 is 0 Å². The minimum absolute atomic E-state index is 0.155. The fraction of sp³-hybridized carbons (Fsp3) is 0.364. The first-order chi connectivity index (χ1) is 8.49. The average molecular weight is 248 g/mol. The Balaban J connectivity index is 2.26. The van der Waals surface area contributed by atoms with E-state index in [9.17, 15) is 4.79 Å². The first-order valence-corrected chi connectivity index (χ1v) is 5.61. The predicted octanol–water partition coefficient (Wildman–Crippen LogP) is 1.03. The Kier molecular flexibility index (Phi) is 3.05. The number of hydrogen-bond acceptors (Lipinski definition) is 4. The number of amides is 1. The Morgan fingerprint density at radius 2 is 2.22 bits per heavy atom. The van der Waals surface area contributed by atoms with Crippen LogP contribution in [-0.4, -0.2) is 25.2 Å². The van der Waals surface area contributed by atoms with E-state index in [0.29, 0.717) is 17.3 Å². The summed E-state index contributed by atoms with van der Waals surface area (Å²) < 4.78 is 3.31. The second-order valence-electron chi connectivity index (χ2n) is 4.32. The van der Waals surface area contributed by atoms with Crippen molar-refractivity contribution >= 4 is 17.5 Å². The quantitative estimate of drug-likeness (QED) is 0.848. The molecule has 2 aromatic rings. The van der Waals surface area contributed by atoms with Crippen molar-refractivity contribution < 1.29 is 4.79 Å². The molecule has 0 bridgehead atoms. The Morgan fingerprint density at radius 3 is 2.78 bits per heavy atom. The van der Waals surface area contributed by atoms with Gasteiger partial charge in [0, 0.05) is 19.3 Å². The van der Waals surface area contributed by atoms with Gasteiger partial charge in [0.2, 0.25) is 5.95 Å². The van der Waals surface area contributed by atoms with E-state index in [1.807, 2.05) is 18.4 Å². The highest BCUT2D eigenvalue weighted by molar-refractivity contribution is 6.02. The van der Waals surface area contributed by atoms with Crippen LogP contribution in [-0.2, 0) is 7.05 Å². The minimum Gasteiger partial charge on any atom is -0.397 e. The molecule has 0 spiro atoms. The van der Waals surface area contributed by atoms with E-state index in [0.717, 1.165) is 0 Å². The van der Waals surface area contributed by atoms with Gasteiger partial charge in [0.1, 0.15) is 12.0 Å². The molecule has 0 aliphatic heterocycles. The molecule has 1 amide bonds. The highest BCUT2D eigenvalue weighted by Crippen LogP contribution is 2.17. The van der Waals surface area contributed by atoms with Gasteiger partial charge in [-0.05, 0) is 19.9 Å². The van der Waals surface area contributed by atoms with Crippen molar-refractivity contribution in [3.05, 3.63) is 24.3 Å². The lowest BCUT2D eigenvalue weighted by Gasteiger charge is -2.12. The standard InChI is InChI=1S/C11H16N6O/c1-7(2)17-5-8(12)4-9(17)10(18)15-11-13-6-14-16(11)3/h4-7H,12H2,1-3H3,(H,13,14,15,18). The third-order valence-corrected chi connectivity index (χ3v) is 2.60. The molecule has 7 nitrogen and oxygen atoms in total. The molecule has 96 valence electrons. The number of carbonyl (C=O) groups is 1. The van der Waals surface area contributed by atoms with Crippen molar-refractivity contribution in [1.29, 1.82) is 0 Å². The van der Waals surface area contributed by atoms with Crippen LogP contribution in [0.15, 0.2) is 18.6 Å². The summed E-state index contributed by atoms with van der Waals surface area (Å²) in [6.45, 7) is 3.97. The van der Waals surface area contributed by atoms with Crippen molar-refractivity contribution in [3.8, 4) is 0 Å². The number of aromatic nitrogens is 4. The Hall–Kier alpha value is -2.31. The maximum Gasteiger partial charge on any atom is 0.274 e. The lowest BCUT2D eigenvalue weighted by Crippen LogP contribution is -2.19. The largest absolute Gasteiger partial charge is 0.397 e. The zero-order valence-electron chi connectivity index (χ0n) is 10.6. The number of aryl methyl sites for hydroxylation is 1. The molecule has 18 heavy (non-hydrogen) atoms. The molecule has 0 saturated carbocycles. The molecule has 0 aliphatic carbocycles. The minimum atomic E-state index is -0.253. The van der Waals surface area contributed by atoms with Gasteiger partial charge in [0.25, 0.3) is 5.91 Å². The lowest BCUT2D eigenvalue weighted by molar-refractivity contribution is 0.101. The summed E-state index contributed by atoms with van der Waals surface area (Å²) in [5.74, 6) is 0.145. The molecule has 0 saturated heterocycles. The SMILES string of the molecule is CC(C)n1cc(N)cc1C(=O)Nc1ncnn1C. The summed E-state index contributed by atoms with van der Waals surface area (Å²) in [7, 11) is 1.71. The van der Waals surface area contributed by atoms with Crippen molar-refractivity contribution in [1.82, 2.24) is 19.3 Å². The van der Waals surface area contributed by atoms with Gasteiger partial charge in [-0.25, -0.2) is 4.68 Å². The van der Waals surface area contributed by atoms with Crippen molar-refractivity contribution in [2.45, 2.75) is 19.9 Å². The summed E-state index contributed by atoms with van der Waals surface area (Å²) in [6.07, 6.45) is 3.13. The highest BCUT2D eigenvalue weighted by atomic mass is 16.2. The molecule has 2 heterocycles. The molecule has 0 aromatic carbocycles. The third kappa shape index (κ3) is 2.20. The first-order valence-electron chi connectivity index (χ1n) is 5.61. The van der Waals surface area contributed by atoms with Crippen molar-refractivity contribution in [3.63, 3.8) is 0 Å². The summed E-state index contributed by atoms with van der Waals surface area (Å²) in [6, 6.07) is 1.80. The molecular formula is C11H16N6O. The number of anilines is 2. The second kappa shape index (κ2) is 4.52. The second-order valence-corrected chi connectivity index (χ2v) is 4.32.